The van der Waals surface area contributed by atoms with Crippen molar-refractivity contribution in [3.8, 4) is 28.4 Å². The molecule has 370 valence electrons. The van der Waals surface area contributed by atoms with Crippen molar-refractivity contribution < 1.29 is 4.74 Å². The smallest absolute Gasteiger partial charge is 0.137 e. The molecule has 0 saturated carbocycles. The molecule has 5 heteroatoms. The van der Waals surface area contributed by atoms with Crippen molar-refractivity contribution in [1.29, 1.82) is 0 Å². The highest BCUT2D eigenvalue weighted by molar-refractivity contribution is 6.12. The standard InChI is InChI=1S/C68H72N4O/c1-64(2,3)51-35-47(46-25-17-14-18-26-46)36-54(38-51)71-45-70(44-61(71)66(7,8)9)53-37-52(65(4,5)6)39-55(41-53)73-56-42-58(68(12,13)49-29-21-16-22-30-49)63-57-31-23-24-32-59(57)72(60(63)43-56)62-40-50(33-34-69-62)67(10,11)48-27-19-15-20-28-48/h14-44H,45H2,1-13H3. The average molecular weight is 961 g/mol. The lowest BCUT2D eigenvalue weighted by atomic mass is 9.76. The third-order valence-corrected chi connectivity index (χ3v) is 15.3. The first-order valence-corrected chi connectivity index (χ1v) is 26.0. The number of para-hydroxylation sites is 1. The summed E-state index contributed by atoms with van der Waals surface area (Å²) in [4.78, 5) is 10.1. The SMILES string of the molecule is CC(C)(C)C1=CN(c2cc(Oc3cc(C(C)(C)c4ccccc4)c4c5ccccc5n(-c5cc(C(C)(C)c6ccccc6)ccn5)c4c3)cc(C(C)(C)C)c2)CN1c1cc(-c2ccccc2)cc(C(C)(C)C)c1. The quantitative estimate of drug-likeness (QED) is 0.137. The van der Waals surface area contributed by atoms with Crippen LogP contribution in [0.4, 0.5) is 11.4 Å². The third kappa shape index (κ3) is 9.47. The van der Waals surface area contributed by atoms with Crippen LogP contribution in [0.2, 0.25) is 0 Å². The number of hydrogen-bond acceptors (Lipinski definition) is 4. The molecular formula is C68H72N4O. The minimum absolute atomic E-state index is 0.0365. The highest BCUT2D eigenvalue weighted by atomic mass is 16.5. The Morgan fingerprint density at radius 1 is 0.438 bits per heavy atom. The second kappa shape index (κ2) is 18.3. The monoisotopic (exact) mass is 961 g/mol. The van der Waals surface area contributed by atoms with Crippen LogP contribution in [0.15, 0.2) is 194 Å². The number of pyridine rings is 1. The normalized spacial score (nSPS) is 13.8. The predicted octanol–water partition coefficient (Wildman–Crippen LogP) is 18.1. The lowest BCUT2D eigenvalue weighted by Crippen LogP contribution is -2.31. The van der Waals surface area contributed by atoms with E-state index in [-0.39, 0.29) is 21.7 Å². The molecule has 0 radical (unpaired) electrons. The number of anilines is 2. The second-order valence-corrected chi connectivity index (χ2v) is 24.4. The Morgan fingerprint density at radius 3 is 1.66 bits per heavy atom. The Labute approximate surface area is 434 Å². The summed E-state index contributed by atoms with van der Waals surface area (Å²) in [6.07, 6.45) is 4.33. The van der Waals surface area contributed by atoms with Crippen LogP contribution in [0.25, 0.3) is 38.8 Å². The molecule has 73 heavy (non-hydrogen) atoms. The number of rotatable bonds is 10. The molecule has 9 aromatic rings. The van der Waals surface area contributed by atoms with Gasteiger partial charge in [0, 0.05) is 68.6 Å². The molecule has 1 aliphatic heterocycles. The van der Waals surface area contributed by atoms with Crippen molar-refractivity contribution in [3.63, 3.8) is 0 Å². The Kier molecular flexibility index (Phi) is 12.3. The average Bonchev–Trinajstić information content (AvgIpc) is 3.98. The lowest BCUT2D eigenvalue weighted by Gasteiger charge is -2.32. The Hall–Kier alpha value is -7.37. The largest absolute Gasteiger partial charge is 0.457 e. The lowest BCUT2D eigenvalue weighted by molar-refractivity contribution is 0.477. The molecule has 0 aliphatic carbocycles. The maximum absolute atomic E-state index is 7.35. The summed E-state index contributed by atoms with van der Waals surface area (Å²) in [7, 11) is 0. The Balaban J connectivity index is 1.13. The van der Waals surface area contributed by atoms with Gasteiger partial charge in [-0.1, -0.05) is 205 Å². The fourth-order valence-electron chi connectivity index (χ4n) is 10.7. The number of allylic oxidation sites excluding steroid dienone is 1. The van der Waals surface area contributed by atoms with Gasteiger partial charge in [-0.15, -0.1) is 0 Å². The van der Waals surface area contributed by atoms with Gasteiger partial charge in [0.15, 0.2) is 0 Å². The number of fused-ring (bicyclic) bond motifs is 3. The van der Waals surface area contributed by atoms with Gasteiger partial charge in [-0.25, -0.2) is 4.98 Å². The molecule has 5 nitrogen and oxygen atoms in total. The number of benzene rings is 7. The fourth-order valence-corrected chi connectivity index (χ4v) is 10.7. The minimum Gasteiger partial charge on any atom is -0.457 e. The summed E-state index contributed by atoms with van der Waals surface area (Å²) in [5.41, 5.74) is 14.5. The van der Waals surface area contributed by atoms with Crippen molar-refractivity contribution >= 4 is 33.2 Å². The van der Waals surface area contributed by atoms with Crippen LogP contribution >= 0.6 is 0 Å². The molecular weight excluding hydrogens is 889 g/mol. The first-order valence-electron chi connectivity index (χ1n) is 26.0. The summed E-state index contributed by atoms with van der Waals surface area (Å²) in [6, 6.07) is 64.1. The maximum Gasteiger partial charge on any atom is 0.137 e. The third-order valence-electron chi connectivity index (χ3n) is 15.3. The van der Waals surface area contributed by atoms with E-state index >= 15 is 0 Å². The molecule has 0 spiro atoms. The minimum atomic E-state index is -0.394. The zero-order chi connectivity index (χ0) is 51.7. The second-order valence-electron chi connectivity index (χ2n) is 24.4. The van der Waals surface area contributed by atoms with E-state index in [1.807, 2.05) is 6.20 Å². The van der Waals surface area contributed by atoms with Gasteiger partial charge in [0.25, 0.3) is 0 Å². The molecule has 0 bridgehead atoms. The van der Waals surface area contributed by atoms with Gasteiger partial charge in [-0.3, -0.25) is 4.57 Å². The molecule has 3 heterocycles. The van der Waals surface area contributed by atoms with Gasteiger partial charge in [0.1, 0.15) is 17.3 Å². The molecule has 0 saturated heterocycles. The van der Waals surface area contributed by atoms with Crippen molar-refractivity contribution in [2.45, 2.75) is 112 Å². The zero-order valence-corrected chi connectivity index (χ0v) is 45.3. The van der Waals surface area contributed by atoms with Crippen LogP contribution in [-0.4, -0.2) is 16.2 Å². The summed E-state index contributed by atoms with van der Waals surface area (Å²) in [5, 5.41) is 2.37. The van der Waals surface area contributed by atoms with Crippen molar-refractivity contribution in [1.82, 2.24) is 9.55 Å². The van der Waals surface area contributed by atoms with Crippen molar-refractivity contribution in [3.05, 3.63) is 227 Å². The first kappa shape index (κ1) is 49.2. The van der Waals surface area contributed by atoms with E-state index in [0.717, 1.165) is 34.0 Å². The zero-order valence-electron chi connectivity index (χ0n) is 45.3. The van der Waals surface area contributed by atoms with E-state index in [2.05, 4.69) is 287 Å². The van der Waals surface area contributed by atoms with E-state index in [1.165, 1.54) is 66.7 Å². The molecule has 0 N–H and O–H groups in total. The molecule has 2 aromatic heterocycles. The number of hydrogen-bond donors (Lipinski definition) is 0. The molecule has 0 unspecified atom stereocenters. The predicted molar refractivity (Wildman–Crippen MR) is 309 cm³/mol. The Bertz CT molecular complexity index is 3510. The van der Waals surface area contributed by atoms with Gasteiger partial charge in [-0.2, -0.15) is 0 Å². The number of nitrogens with zero attached hydrogens (tertiary/aromatic N) is 4. The Morgan fingerprint density at radius 2 is 1.01 bits per heavy atom. The van der Waals surface area contributed by atoms with Gasteiger partial charge in [-0.05, 0) is 104 Å². The van der Waals surface area contributed by atoms with Gasteiger partial charge < -0.3 is 14.5 Å². The van der Waals surface area contributed by atoms with Gasteiger partial charge >= 0.3 is 0 Å². The summed E-state index contributed by atoms with van der Waals surface area (Å²) in [5.74, 6) is 2.44. The maximum atomic E-state index is 7.35. The van der Waals surface area contributed by atoms with Crippen LogP contribution in [0, 0.1) is 5.41 Å². The van der Waals surface area contributed by atoms with Crippen LogP contribution in [0.5, 0.6) is 11.5 Å². The summed E-state index contributed by atoms with van der Waals surface area (Å²) >= 11 is 0. The molecule has 0 fully saturated rings. The molecule has 1 aliphatic rings. The van der Waals surface area contributed by atoms with Crippen LogP contribution < -0.4 is 14.5 Å². The van der Waals surface area contributed by atoms with E-state index < -0.39 is 5.41 Å². The van der Waals surface area contributed by atoms with E-state index in [4.69, 9.17) is 9.72 Å². The summed E-state index contributed by atoms with van der Waals surface area (Å²) in [6.45, 7) is 30.7. The molecule has 10 rings (SSSR count). The highest BCUT2D eigenvalue weighted by Crippen LogP contribution is 2.47. The van der Waals surface area contributed by atoms with Crippen LogP contribution in [0.3, 0.4) is 0 Å². The van der Waals surface area contributed by atoms with Gasteiger partial charge in [0.05, 0.1) is 17.7 Å². The summed E-state index contributed by atoms with van der Waals surface area (Å²) < 4.78 is 9.69. The van der Waals surface area contributed by atoms with E-state index in [0.29, 0.717) is 6.67 Å². The van der Waals surface area contributed by atoms with Crippen LogP contribution in [-0.2, 0) is 21.7 Å². The van der Waals surface area contributed by atoms with Gasteiger partial charge in [0.2, 0.25) is 0 Å². The number of ether oxygens (including phenoxy) is 1. The van der Waals surface area contributed by atoms with Crippen molar-refractivity contribution in [2.24, 2.45) is 5.41 Å². The molecule has 0 amide bonds. The molecule has 0 atom stereocenters. The van der Waals surface area contributed by atoms with Crippen LogP contribution in [0.1, 0.15) is 123 Å². The highest BCUT2D eigenvalue weighted by Gasteiger charge is 2.34. The van der Waals surface area contributed by atoms with Crippen molar-refractivity contribution in [2.75, 3.05) is 16.5 Å². The first-order chi connectivity index (χ1) is 34.6. The molecule has 7 aromatic carbocycles. The van der Waals surface area contributed by atoms with E-state index in [9.17, 15) is 0 Å². The topological polar surface area (TPSA) is 33.5 Å². The number of aromatic nitrogens is 2. The fraction of sp³-hybridized carbons (Fsp3) is 0.279. The van der Waals surface area contributed by atoms with E-state index in [1.54, 1.807) is 0 Å².